The fourth-order valence-electron chi connectivity index (χ4n) is 2.10. The Labute approximate surface area is 122 Å². The highest BCUT2D eigenvalue weighted by Crippen LogP contribution is 2.38. The predicted octanol–water partition coefficient (Wildman–Crippen LogP) is 2.49. The Kier molecular flexibility index (Phi) is 3.85. The van der Waals surface area contributed by atoms with Crippen LogP contribution in [-0.2, 0) is 11.2 Å². The van der Waals surface area contributed by atoms with E-state index in [9.17, 15) is 4.79 Å². The van der Waals surface area contributed by atoms with E-state index in [2.05, 4.69) is 15.5 Å². The summed E-state index contributed by atoms with van der Waals surface area (Å²) in [6.45, 7) is 0. The van der Waals surface area contributed by atoms with Gasteiger partial charge in [0.1, 0.15) is 0 Å². The molecule has 110 valence electrons. The molecule has 0 atom stereocenters. The molecule has 1 saturated carbocycles. The van der Waals surface area contributed by atoms with Gasteiger partial charge >= 0.3 is 0 Å². The van der Waals surface area contributed by atoms with Gasteiger partial charge < -0.3 is 15.6 Å². The number of anilines is 2. The molecular formula is C15H18N4O2. The van der Waals surface area contributed by atoms with Gasteiger partial charge in [-0.05, 0) is 31.4 Å². The van der Waals surface area contributed by atoms with Crippen molar-refractivity contribution in [3.8, 4) is 0 Å². The first-order chi connectivity index (χ1) is 10.2. The highest BCUT2D eigenvalue weighted by Gasteiger charge is 2.28. The lowest BCUT2D eigenvalue weighted by Crippen LogP contribution is -2.12. The molecule has 21 heavy (non-hydrogen) atoms. The van der Waals surface area contributed by atoms with Crippen LogP contribution in [0.3, 0.4) is 0 Å². The summed E-state index contributed by atoms with van der Waals surface area (Å²) in [5, 5.41) is 6.75. The molecule has 3 N–H and O–H groups in total. The second-order valence-electron chi connectivity index (χ2n) is 5.31. The first-order valence-electron chi connectivity index (χ1n) is 7.19. The summed E-state index contributed by atoms with van der Waals surface area (Å²) in [6, 6.07) is 7.21. The Morgan fingerprint density at radius 1 is 1.38 bits per heavy atom. The van der Waals surface area contributed by atoms with E-state index in [1.807, 2.05) is 12.1 Å². The normalized spacial score (nSPS) is 14.1. The number of hydrogen-bond acceptors (Lipinski definition) is 5. The fourth-order valence-corrected chi connectivity index (χ4v) is 2.10. The molecular weight excluding hydrogens is 268 g/mol. The Hall–Kier alpha value is -2.37. The number of rotatable bonds is 6. The third-order valence-corrected chi connectivity index (χ3v) is 3.46. The second kappa shape index (κ2) is 5.95. The van der Waals surface area contributed by atoms with Crippen molar-refractivity contribution < 1.29 is 9.32 Å². The molecule has 1 aliphatic rings. The van der Waals surface area contributed by atoms with Gasteiger partial charge in [0.2, 0.25) is 11.8 Å². The molecule has 1 fully saturated rings. The van der Waals surface area contributed by atoms with Crippen LogP contribution in [0.4, 0.5) is 11.4 Å². The van der Waals surface area contributed by atoms with Crippen molar-refractivity contribution >= 4 is 17.3 Å². The zero-order valence-corrected chi connectivity index (χ0v) is 11.7. The van der Waals surface area contributed by atoms with Gasteiger partial charge in [-0.25, -0.2) is 0 Å². The average molecular weight is 286 g/mol. The number of para-hydroxylation sites is 2. The van der Waals surface area contributed by atoms with Crippen molar-refractivity contribution in [2.45, 2.75) is 38.0 Å². The number of nitrogen functional groups attached to an aromatic ring is 1. The number of nitrogens with one attached hydrogen (secondary N) is 1. The largest absolute Gasteiger partial charge is 0.397 e. The molecule has 0 aliphatic heterocycles. The number of aryl methyl sites for hydroxylation is 1. The van der Waals surface area contributed by atoms with Crippen molar-refractivity contribution in [1.29, 1.82) is 0 Å². The molecule has 6 nitrogen and oxygen atoms in total. The number of carbonyl (C=O) groups excluding carboxylic acids is 1. The maximum atomic E-state index is 11.8. The predicted molar refractivity (Wildman–Crippen MR) is 78.7 cm³/mol. The van der Waals surface area contributed by atoms with Gasteiger partial charge in [-0.1, -0.05) is 17.3 Å². The maximum Gasteiger partial charge on any atom is 0.226 e. The van der Waals surface area contributed by atoms with Gasteiger partial charge in [-0.2, -0.15) is 4.98 Å². The average Bonchev–Trinajstić information content (AvgIpc) is 3.22. The summed E-state index contributed by atoms with van der Waals surface area (Å²) in [5.74, 6) is 1.86. The highest BCUT2D eigenvalue weighted by molar-refractivity contribution is 5.93. The molecule has 0 radical (unpaired) electrons. The minimum atomic E-state index is -0.0603. The van der Waals surface area contributed by atoms with E-state index < -0.39 is 0 Å². The number of carbonyl (C=O) groups is 1. The summed E-state index contributed by atoms with van der Waals surface area (Å²) < 4.78 is 5.17. The molecule has 3 rings (SSSR count). The third kappa shape index (κ3) is 3.59. The Morgan fingerprint density at radius 2 is 2.19 bits per heavy atom. The lowest BCUT2D eigenvalue weighted by atomic mass is 10.2. The zero-order valence-electron chi connectivity index (χ0n) is 11.7. The van der Waals surface area contributed by atoms with Crippen LogP contribution in [0, 0.1) is 0 Å². The van der Waals surface area contributed by atoms with Gasteiger partial charge in [-0.3, -0.25) is 4.79 Å². The Morgan fingerprint density at radius 3 is 2.95 bits per heavy atom. The molecule has 0 saturated heterocycles. The van der Waals surface area contributed by atoms with Crippen LogP contribution in [0.1, 0.15) is 43.3 Å². The molecule has 0 bridgehead atoms. The molecule has 1 aromatic carbocycles. The lowest BCUT2D eigenvalue weighted by Gasteiger charge is -2.06. The van der Waals surface area contributed by atoms with Crippen LogP contribution in [-0.4, -0.2) is 16.0 Å². The van der Waals surface area contributed by atoms with Crippen LogP contribution >= 0.6 is 0 Å². The van der Waals surface area contributed by atoms with E-state index in [4.69, 9.17) is 10.3 Å². The summed E-state index contributed by atoms with van der Waals surface area (Å²) in [6.07, 6.45) is 4.00. The number of nitrogens with zero attached hydrogens (tertiary/aromatic N) is 2. The van der Waals surface area contributed by atoms with Crippen LogP contribution in [0.5, 0.6) is 0 Å². The number of amides is 1. The van der Waals surface area contributed by atoms with E-state index in [0.717, 1.165) is 18.7 Å². The van der Waals surface area contributed by atoms with Crippen LogP contribution in [0.25, 0.3) is 0 Å². The summed E-state index contributed by atoms with van der Waals surface area (Å²) in [7, 11) is 0. The van der Waals surface area contributed by atoms with Gasteiger partial charge in [-0.15, -0.1) is 0 Å². The van der Waals surface area contributed by atoms with E-state index in [1.54, 1.807) is 12.1 Å². The topological polar surface area (TPSA) is 94.0 Å². The van der Waals surface area contributed by atoms with E-state index >= 15 is 0 Å². The maximum absolute atomic E-state index is 11.8. The van der Waals surface area contributed by atoms with Crippen molar-refractivity contribution in [2.75, 3.05) is 11.1 Å². The molecule has 0 unspecified atom stereocenters. The quantitative estimate of drug-likeness (QED) is 0.796. The number of aromatic nitrogens is 2. The summed E-state index contributed by atoms with van der Waals surface area (Å²) in [4.78, 5) is 16.2. The van der Waals surface area contributed by atoms with Crippen molar-refractivity contribution in [3.05, 3.63) is 36.0 Å². The first-order valence-corrected chi connectivity index (χ1v) is 7.19. The van der Waals surface area contributed by atoms with Crippen molar-refractivity contribution in [1.82, 2.24) is 10.1 Å². The van der Waals surface area contributed by atoms with E-state index in [0.29, 0.717) is 42.4 Å². The molecule has 0 spiro atoms. The lowest BCUT2D eigenvalue weighted by molar-refractivity contribution is -0.116. The zero-order chi connectivity index (χ0) is 14.7. The van der Waals surface area contributed by atoms with E-state index in [-0.39, 0.29) is 5.91 Å². The standard InChI is InChI=1S/C15H18N4O2/c16-11-4-1-2-5-12(11)17-13(20)6-3-7-14-18-15(19-21-14)10-8-9-10/h1-2,4-5,10H,3,6-9,16H2,(H,17,20). The molecule has 1 heterocycles. The minimum absolute atomic E-state index is 0.0603. The summed E-state index contributed by atoms with van der Waals surface area (Å²) >= 11 is 0. The second-order valence-corrected chi connectivity index (χ2v) is 5.31. The van der Waals surface area contributed by atoms with Gasteiger partial charge in [0.25, 0.3) is 0 Å². The van der Waals surface area contributed by atoms with Gasteiger partial charge in [0.15, 0.2) is 5.82 Å². The van der Waals surface area contributed by atoms with Crippen LogP contribution < -0.4 is 11.1 Å². The monoisotopic (exact) mass is 286 g/mol. The Bertz CT molecular complexity index is 634. The van der Waals surface area contributed by atoms with Crippen LogP contribution in [0.2, 0.25) is 0 Å². The first kappa shape index (κ1) is 13.6. The van der Waals surface area contributed by atoms with Crippen LogP contribution in [0.15, 0.2) is 28.8 Å². The molecule has 1 aromatic heterocycles. The SMILES string of the molecule is Nc1ccccc1NC(=O)CCCc1nc(C2CC2)no1. The van der Waals surface area contributed by atoms with Gasteiger partial charge in [0.05, 0.1) is 11.4 Å². The fraction of sp³-hybridized carbons (Fsp3) is 0.400. The van der Waals surface area contributed by atoms with Crippen molar-refractivity contribution in [3.63, 3.8) is 0 Å². The smallest absolute Gasteiger partial charge is 0.226 e. The minimum Gasteiger partial charge on any atom is -0.397 e. The molecule has 2 aromatic rings. The highest BCUT2D eigenvalue weighted by atomic mass is 16.5. The molecule has 1 amide bonds. The number of hydrogen-bond donors (Lipinski definition) is 2. The molecule has 1 aliphatic carbocycles. The van der Waals surface area contributed by atoms with Crippen molar-refractivity contribution in [2.24, 2.45) is 0 Å². The molecule has 6 heteroatoms. The number of benzene rings is 1. The summed E-state index contributed by atoms with van der Waals surface area (Å²) in [5.41, 5.74) is 6.99. The van der Waals surface area contributed by atoms with E-state index in [1.165, 1.54) is 0 Å². The Balaban J connectivity index is 1.44. The van der Waals surface area contributed by atoms with Gasteiger partial charge in [0, 0.05) is 18.8 Å². The third-order valence-electron chi connectivity index (χ3n) is 3.46. The number of nitrogens with two attached hydrogens (primary N) is 1.